The minimum absolute atomic E-state index is 0.0852. The van der Waals surface area contributed by atoms with Gasteiger partial charge < -0.3 is 14.2 Å². The lowest BCUT2D eigenvalue weighted by Gasteiger charge is -2.18. The fraction of sp³-hybridized carbons (Fsp3) is 0.869. The second kappa shape index (κ2) is 57.4. The van der Waals surface area contributed by atoms with Gasteiger partial charge in [0.25, 0.3) is 0 Å². The van der Waals surface area contributed by atoms with E-state index in [1.54, 1.807) is 0 Å². The lowest BCUT2D eigenvalue weighted by atomic mass is 10.0. The van der Waals surface area contributed by atoms with E-state index >= 15 is 0 Å². The number of rotatable bonds is 55. The summed E-state index contributed by atoms with van der Waals surface area (Å²) in [5.74, 6) is -0.392. The molecular weight excluding hydrogens is 813 g/mol. The Kier molecular flexibility index (Phi) is 55.8. The Hall–Kier alpha value is -1.88. The molecule has 0 bridgehead atoms. The van der Waals surface area contributed by atoms with Gasteiger partial charge >= 0.3 is 11.9 Å². The molecule has 0 saturated carbocycles. The van der Waals surface area contributed by atoms with Gasteiger partial charge in [-0.1, -0.05) is 263 Å². The van der Waals surface area contributed by atoms with Crippen molar-refractivity contribution in [1.29, 1.82) is 0 Å². The van der Waals surface area contributed by atoms with Crippen LogP contribution in [0.4, 0.5) is 0 Å². The Morgan fingerprint density at radius 2 is 0.636 bits per heavy atom. The van der Waals surface area contributed by atoms with Crippen LogP contribution < -0.4 is 0 Å². The van der Waals surface area contributed by atoms with E-state index in [1.807, 2.05) is 0 Å². The highest BCUT2D eigenvalue weighted by Gasteiger charge is 2.17. The maximum absolute atomic E-state index is 12.9. The first kappa shape index (κ1) is 64.1. The van der Waals surface area contributed by atoms with E-state index in [9.17, 15) is 9.59 Å². The highest BCUT2D eigenvalue weighted by molar-refractivity contribution is 5.70. The monoisotopic (exact) mass is 927 g/mol. The molecule has 388 valence electrons. The van der Waals surface area contributed by atoms with Gasteiger partial charge in [-0.05, 0) is 77.0 Å². The van der Waals surface area contributed by atoms with E-state index in [0.29, 0.717) is 19.4 Å². The van der Waals surface area contributed by atoms with Crippen molar-refractivity contribution in [2.24, 2.45) is 0 Å². The van der Waals surface area contributed by atoms with Gasteiger partial charge in [-0.15, -0.1) is 0 Å². The maximum atomic E-state index is 12.9. The Morgan fingerprint density at radius 1 is 0.333 bits per heavy atom. The number of hydrogen-bond donors (Lipinski definition) is 0. The standard InChI is InChI=1S/C61H114O5/c1-4-7-10-13-16-19-22-25-28-30-31-32-34-36-39-42-45-48-51-54-60(62)65-58-59(57-64-56-53-50-47-44-41-38-35-29-26-23-20-17-14-11-8-5-2)66-61(63)55-52-49-46-43-40-37-33-27-24-21-18-15-12-9-6-3/h16,19,25,27-28,33,59H,4-15,17-18,20-24,26,29-32,34-58H2,1-3H3/b19-16-,28-25-,33-27-/t59-/m1/s1. The van der Waals surface area contributed by atoms with Crippen molar-refractivity contribution in [2.75, 3.05) is 19.8 Å². The lowest BCUT2D eigenvalue weighted by molar-refractivity contribution is -0.163. The van der Waals surface area contributed by atoms with Crippen molar-refractivity contribution in [2.45, 2.75) is 322 Å². The van der Waals surface area contributed by atoms with Crippen molar-refractivity contribution in [3.05, 3.63) is 36.5 Å². The molecule has 0 aromatic carbocycles. The molecule has 0 aliphatic heterocycles. The van der Waals surface area contributed by atoms with Gasteiger partial charge in [0.05, 0.1) is 6.61 Å². The first-order valence-electron chi connectivity index (χ1n) is 29.5. The summed E-state index contributed by atoms with van der Waals surface area (Å²) in [6.45, 7) is 7.85. The van der Waals surface area contributed by atoms with Crippen LogP contribution in [0.25, 0.3) is 0 Å². The molecule has 0 aliphatic carbocycles. The van der Waals surface area contributed by atoms with Crippen molar-refractivity contribution < 1.29 is 23.8 Å². The van der Waals surface area contributed by atoms with Crippen LogP contribution in [0.3, 0.4) is 0 Å². The second-order valence-corrected chi connectivity index (χ2v) is 19.9. The van der Waals surface area contributed by atoms with E-state index in [1.165, 1.54) is 231 Å². The van der Waals surface area contributed by atoms with Crippen LogP contribution in [0.2, 0.25) is 0 Å². The van der Waals surface area contributed by atoms with Gasteiger partial charge in [0.15, 0.2) is 6.10 Å². The summed E-state index contributed by atoms with van der Waals surface area (Å²) in [5.41, 5.74) is 0. The normalized spacial score (nSPS) is 12.3. The van der Waals surface area contributed by atoms with Crippen LogP contribution in [0.15, 0.2) is 36.5 Å². The highest BCUT2D eigenvalue weighted by Crippen LogP contribution is 2.16. The summed E-state index contributed by atoms with van der Waals surface area (Å²) in [7, 11) is 0. The van der Waals surface area contributed by atoms with E-state index < -0.39 is 6.10 Å². The van der Waals surface area contributed by atoms with Gasteiger partial charge in [0, 0.05) is 19.4 Å². The third-order valence-corrected chi connectivity index (χ3v) is 13.1. The minimum atomic E-state index is -0.538. The van der Waals surface area contributed by atoms with E-state index in [-0.39, 0.29) is 25.2 Å². The lowest BCUT2D eigenvalue weighted by Crippen LogP contribution is -2.30. The summed E-state index contributed by atoms with van der Waals surface area (Å²) in [5, 5.41) is 0. The van der Waals surface area contributed by atoms with Crippen molar-refractivity contribution in [3.8, 4) is 0 Å². The van der Waals surface area contributed by atoms with Crippen LogP contribution in [-0.2, 0) is 23.8 Å². The summed E-state index contributed by atoms with van der Waals surface area (Å²) < 4.78 is 17.5. The molecule has 5 nitrogen and oxygen atoms in total. The van der Waals surface area contributed by atoms with Crippen LogP contribution in [0, 0.1) is 0 Å². The molecule has 0 rings (SSSR count). The molecule has 0 fully saturated rings. The summed E-state index contributed by atoms with van der Waals surface area (Å²) in [6.07, 6.45) is 70.2. The fourth-order valence-electron chi connectivity index (χ4n) is 8.71. The zero-order valence-electron chi connectivity index (χ0n) is 44.7. The number of carbonyl (C=O) groups excluding carboxylic acids is 2. The number of unbranched alkanes of at least 4 members (excludes halogenated alkanes) is 38. The third-order valence-electron chi connectivity index (χ3n) is 13.1. The summed E-state index contributed by atoms with van der Waals surface area (Å²) >= 11 is 0. The molecule has 0 aliphatic rings. The number of allylic oxidation sites excluding steroid dienone is 6. The fourth-order valence-corrected chi connectivity index (χ4v) is 8.71. The predicted octanol–water partition coefficient (Wildman–Crippen LogP) is 20.1. The average molecular weight is 928 g/mol. The first-order valence-corrected chi connectivity index (χ1v) is 29.5. The zero-order valence-corrected chi connectivity index (χ0v) is 44.7. The van der Waals surface area contributed by atoms with Crippen LogP contribution in [0.5, 0.6) is 0 Å². The van der Waals surface area contributed by atoms with Gasteiger partial charge in [-0.2, -0.15) is 0 Å². The molecule has 0 spiro atoms. The largest absolute Gasteiger partial charge is 0.462 e. The molecule has 66 heavy (non-hydrogen) atoms. The maximum Gasteiger partial charge on any atom is 0.306 e. The SMILES string of the molecule is CCCCC/C=C\C/C=C\CCCCCCCCCCCC(=O)OC[C@@H](COCCCCCCCCCCCCCCCCCC)OC(=O)CCCCCCC/C=C\CCCCCCCC. The Labute approximate surface area is 412 Å². The van der Waals surface area contributed by atoms with Gasteiger partial charge in [-0.3, -0.25) is 9.59 Å². The van der Waals surface area contributed by atoms with Crippen LogP contribution >= 0.6 is 0 Å². The molecule has 1 atom stereocenters. The molecule has 0 amide bonds. The molecule has 0 N–H and O–H groups in total. The predicted molar refractivity (Wildman–Crippen MR) is 288 cm³/mol. The number of carbonyl (C=O) groups is 2. The third kappa shape index (κ3) is 54.7. The topological polar surface area (TPSA) is 61.8 Å². The Bertz CT molecular complexity index is 1050. The van der Waals surface area contributed by atoms with Gasteiger partial charge in [0.1, 0.15) is 6.61 Å². The van der Waals surface area contributed by atoms with Gasteiger partial charge in [-0.25, -0.2) is 0 Å². The van der Waals surface area contributed by atoms with Gasteiger partial charge in [0.2, 0.25) is 0 Å². The number of esters is 2. The summed E-state index contributed by atoms with van der Waals surface area (Å²) in [4.78, 5) is 25.5. The van der Waals surface area contributed by atoms with E-state index in [4.69, 9.17) is 14.2 Å². The quantitative estimate of drug-likeness (QED) is 0.0345. The average Bonchev–Trinajstić information content (AvgIpc) is 3.32. The van der Waals surface area contributed by atoms with E-state index in [0.717, 1.165) is 51.4 Å². The second-order valence-electron chi connectivity index (χ2n) is 19.9. The van der Waals surface area contributed by atoms with Crippen molar-refractivity contribution >= 4 is 11.9 Å². The molecule has 0 aromatic heterocycles. The van der Waals surface area contributed by atoms with Crippen molar-refractivity contribution in [1.82, 2.24) is 0 Å². The summed E-state index contributed by atoms with van der Waals surface area (Å²) in [6, 6.07) is 0. The smallest absolute Gasteiger partial charge is 0.306 e. The molecule has 0 heterocycles. The Balaban J connectivity index is 4.24. The minimum Gasteiger partial charge on any atom is -0.462 e. The van der Waals surface area contributed by atoms with E-state index in [2.05, 4.69) is 57.2 Å². The van der Waals surface area contributed by atoms with Crippen LogP contribution in [-0.4, -0.2) is 37.9 Å². The molecule has 0 radical (unpaired) electrons. The highest BCUT2D eigenvalue weighted by atomic mass is 16.6. The molecular formula is C61H114O5. The first-order chi connectivity index (χ1) is 32.6. The molecule has 0 unspecified atom stereocenters. The number of ether oxygens (including phenoxy) is 3. The van der Waals surface area contributed by atoms with Crippen LogP contribution in [0.1, 0.15) is 316 Å². The molecule has 0 saturated heterocycles. The Morgan fingerprint density at radius 3 is 1.05 bits per heavy atom. The zero-order chi connectivity index (χ0) is 47.7. The molecule has 0 aromatic rings. The van der Waals surface area contributed by atoms with Crippen molar-refractivity contribution in [3.63, 3.8) is 0 Å². The number of hydrogen-bond acceptors (Lipinski definition) is 5. The molecule has 5 heteroatoms.